The van der Waals surface area contributed by atoms with Crippen molar-refractivity contribution in [3.05, 3.63) is 73.2 Å². The van der Waals surface area contributed by atoms with Gasteiger partial charge in [0, 0.05) is 36.7 Å². The maximum atomic E-state index is 12.6. The second-order valence-corrected chi connectivity index (χ2v) is 8.91. The zero-order chi connectivity index (χ0) is 23.0. The minimum absolute atomic E-state index is 0.0108. The molecule has 4 rings (SSSR count). The fraction of sp³-hybridized carbons (Fsp3) is 0.238. The number of rotatable bonds is 5. The number of anilines is 2. The Morgan fingerprint density at radius 2 is 2.00 bits per heavy atom. The lowest BCUT2D eigenvalue weighted by Gasteiger charge is -2.17. The number of carbonyl (C=O) groups excluding carboxylic acids is 2. The van der Waals surface area contributed by atoms with Crippen LogP contribution in [0.3, 0.4) is 0 Å². The standard InChI is InChI=1S/C21H18ClN5O4S/c1-11-3-4-14(7-12(11)2)26-10-13(8-18(26)28)20-24-25-21(32-20)23-19(29)16-6-5-15(27(30)31)9-17(16)22/h3-7,9,13H,8,10H2,1-2H3,(H,23,25,29). The van der Waals surface area contributed by atoms with Crippen molar-refractivity contribution in [2.24, 2.45) is 0 Å². The summed E-state index contributed by atoms with van der Waals surface area (Å²) in [5.41, 5.74) is 3.01. The molecule has 1 atom stereocenters. The van der Waals surface area contributed by atoms with Gasteiger partial charge in [-0.3, -0.25) is 25.0 Å². The molecule has 1 unspecified atom stereocenters. The first-order valence-corrected chi connectivity index (χ1v) is 10.9. The molecule has 1 aromatic heterocycles. The Kier molecular flexibility index (Phi) is 5.90. The van der Waals surface area contributed by atoms with E-state index < -0.39 is 10.8 Å². The Morgan fingerprint density at radius 3 is 2.69 bits per heavy atom. The number of hydrogen-bond acceptors (Lipinski definition) is 7. The van der Waals surface area contributed by atoms with Gasteiger partial charge in [-0.15, -0.1) is 10.2 Å². The van der Waals surface area contributed by atoms with Gasteiger partial charge in [0.15, 0.2) is 0 Å². The predicted molar refractivity (Wildman–Crippen MR) is 122 cm³/mol. The summed E-state index contributed by atoms with van der Waals surface area (Å²) >= 11 is 7.20. The highest BCUT2D eigenvalue weighted by Crippen LogP contribution is 2.35. The molecule has 1 aliphatic heterocycles. The number of benzene rings is 2. The van der Waals surface area contributed by atoms with E-state index in [1.54, 1.807) is 4.90 Å². The summed E-state index contributed by atoms with van der Waals surface area (Å²) in [6.07, 6.45) is 0.309. The van der Waals surface area contributed by atoms with Gasteiger partial charge in [0.05, 0.1) is 15.5 Å². The molecule has 0 aliphatic carbocycles. The van der Waals surface area contributed by atoms with Gasteiger partial charge in [-0.25, -0.2) is 0 Å². The van der Waals surface area contributed by atoms with E-state index in [-0.39, 0.29) is 33.2 Å². The number of nitro benzene ring substituents is 1. The second-order valence-electron chi connectivity index (χ2n) is 7.49. The van der Waals surface area contributed by atoms with Gasteiger partial charge >= 0.3 is 0 Å². The van der Waals surface area contributed by atoms with Gasteiger partial charge in [0.2, 0.25) is 11.0 Å². The van der Waals surface area contributed by atoms with Crippen molar-refractivity contribution >= 4 is 51.3 Å². The van der Waals surface area contributed by atoms with Crippen molar-refractivity contribution in [3.8, 4) is 0 Å². The van der Waals surface area contributed by atoms with Crippen LogP contribution in [0.2, 0.25) is 5.02 Å². The van der Waals surface area contributed by atoms with Crippen LogP contribution in [0.25, 0.3) is 0 Å². The molecule has 0 saturated carbocycles. The van der Waals surface area contributed by atoms with Crippen LogP contribution in [-0.4, -0.2) is 33.5 Å². The van der Waals surface area contributed by atoms with Crippen LogP contribution in [-0.2, 0) is 4.79 Å². The number of nitrogens with zero attached hydrogens (tertiary/aromatic N) is 4. The molecule has 1 fully saturated rings. The lowest BCUT2D eigenvalue weighted by Crippen LogP contribution is -2.24. The number of amides is 2. The van der Waals surface area contributed by atoms with Crippen molar-refractivity contribution in [3.63, 3.8) is 0 Å². The van der Waals surface area contributed by atoms with Crippen LogP contribution < -0.4 is 10.2 Å². The molecule has 0 bridgehead atoms. The number of carbonyl (C=O) groups is 2. The fourth-order valence-electron chi connectivity index (χ4n) is 3.43. The number of non-ortho nitro benzene ring substituents is 1. The van der Waals surface area contributed by atoms with Crippen molar-refractivity contribution in [1.29, 1.82) is 0 Å². The van der Waals surface area contributed by atoms with E-state index in [0.29, 0.717) is 18.0 Å². The van der Waals surface area contributed by atoms with Gasteiger partial charge in [-0.05, 0) is 43.2 Å². The third-order valence-electron chi connectivity index (χ3n) is 5.35. The van der Waals surface area contributed by atoms with Crippen LogP contribution in [0, 0.1) is 24.0 Å². The molecule has 2 aromatic carbocycles. The van der Waals surface area contributed by atoms with E-state index in [0.717, 1.165) is 22.9 Å². The zero-order valence-corrected chi connectivity index (χ0v) is 18.7. The first-order chi connectivity index (χ1) is 15.2. The molecule has 1 aliphatic rings. The van der Waals surface area contributed by atoms with Crippen LogP contribution in [0.5, 0.6) is 0 Å². The van der Waals surface area contributed by atoms with Crippen molar-refractivity contribution in [2.45, 2.75) is 26.2 Å². The molecule has 2 amide bonds. The van der Waals surface area contributed by atoms with E-state index in [2.05, 4.69) is 15.5 Å². The maximum Gasteiger partial charge on any atom is 0.270 e. The smallest absolute Gasteiger partial charge is 0.270 e. The Hall–Kier alpha value is -3.37. The number of aromatic nitrogens is 2. The highest BCUT2D eigenvalue weighted by Gasteiger charge is 2.34. The van der Waals surface area contributed by atoms with E-state index in [4.69, 9.17) is 11.6 Å². The topological polar surface area (TPSA) is 118 Å². The molecule has 11 heteroatoms. The summed E-state index contributed by atoms with van der Waals surface area (Å²) in [7, 11) is 0. The van der Waals surface area contributed by atoms with E-state index in [1.165, 1.54) is 23.5 Å². The predicted octanol–water partition coefficient (Wildman–Crippen LogP) is 4.49. The lowest BCUT2D eigenvalue weighted by molar-refractivity contribution is -0.384. The summed E-state index contributed by atoms with van der Waals surface area (Å²) in [5.74, 6) is -0.668. The Labute approximate surface area is 192 Å². The molecule has 164 valence electrons. The van der Waals surface area contributed by atoms with E-state index in [1.807, 2.05) is 32.0 Å². The van der Waals surface area contributed by atoms with E-state index in [9.17, 15) is 19.7 Å². The first-order valence-electron chi connectivity index (χ1n) is 9.69. The monoisotopic (exact) mass is 471 g/mol. The number of halogens is 1. The first kappa shape index (κ1) is 21.8. The normalized spacial score (nSPS) is 15.8. The van der Waals surface area contributed by atoms with Crippen molar-refractivity contribution < 1.29 is 14.5 Å². The van der Waals surface area contributed by atoms with Gasteiger partial charge < -0.3 is 4.90 Å². The molecule has 0 spiro atoms. The van der Waals surface area contributed by atoms with Crippen LogP contribution in [0.1, 0.15) is 38.8 Å². The Morgan fingerprint density at radius 1 is 1.22 bits per heavy atom. The third-order valence-corrected chi connectivity index (χ3v) is 6.66. The number of nitrogens with one attached hydrogen (secondary N) is 1. The molecule has 32 heavy (non-hydrogen) atoms. The summed E-state index contributed by atoms with van der Waals surface area (Å²) < 4.78 is 0. The molecular weight excluding hydrogens is 454 g/mol. The molecule has 1 N–H and O–H groups in total. The molecule has 1 saturated heterocycles. The summed E-state index contributed by atoms with van der Waals surface area (Å²) in [5, 5.41) is 22.5. The Bertz CT molecular complexity index is 1240. The lowest BCUT2D eigenvalue weighted by atomic mass is 10.1. The number of aryl methyl sites for hydroxylation is 2. The average molecular weight is 472 g/mol. The SMILES string of the molecule is Cc1ccc(N2CC(c3nnc(NC(=O)c4ccc([N+](=O)[O-])cc4Cl)s3)CC2=O)cc1C. The molecule has 2 heterocycles. The molecule has 0 radical (unpaired) electrons. The van der Waals surface area contributed by atoms with Gasteiger partial charge in [-0.1, -0.05) is 29.0 Å². The average Bonchev–Trinajstić information content (AvgIpc) is 3.36. The van der Waals surface area contributed by atoms with Gasteiger partial charge in [0.1, 0.15) is 5.01 Å². The third kappa shape index (κ3) is 4.32. The molecule has 9 nitrogen and oxygen atoms in total. The van der Waals surface area contributed by atoms with E-state index >= 15 is 0 Å². The highest BCUT2D eigenvalue weighted by atomic mass is 35.5. The summed E-state index contributed by atoms with van der Waals surface area (Å²) in [6.45, 7) is 4.51. The summed E-state index contributed by atoms with van der Waals surface area (Å²) in [4.78, 5) is 37.1. The quantitative estimate of drug-likeness (QED) is 0.432. The maximum absolute atomic E-state index is 12.6. The molecule has 3 aromatic rings. The van der Waals surface area contributed by atoms with Crippen molar-refractivity contribution in [2.75, 3.05) is 16.8 Å². The minimum Gasteiger partial charge on any atom is -0.312 e. The van der Waals surface area contributed by atoms with Crippen LogP contribution >= 0.6 is 22.9 Å². The van der Waals surface area contributed by atoms with Crippen LogP contribution in [0.15, 0.2) is 36.4 Å². The fourth-order valence-corrected chi connectivity index (χ4v) is 4.52. The summed E-state index contributed by atoms with van der Waals surface area (Å²) in [6, 6.07) is 9.53. The van der Waals surface area contributed by atoms with Gasteiger partial charge in [0.25, 0.3) is 11.6 Å². The second kappa shape index (κ2) is 8.64. The van der Waals surface area contributed by atoms with Crippen molar-refractivity contribution in [1.82, 2.24) is 10.2 Å². The van der Waals surface area contributed by atoms with Gasteiger partial charge in [-0.2, -0.15) is 0 Å². The number of nitro groups is 1. The number of hydrogen-bond donors (Lipinski definition) is 1. The minimum atomic E-state index is -0.589. The zero-order valence-electron chi connectivity index (χ0n) is 17.2. The largest absolute Gasteiger partial charge is 0.312 e. The molecular formula is C21H18ClN5O4S. The van der Waals surface area contributed by atoms with Crippen LogP contribution in [0.4, 0.5) is 16.5 Å². The highest BCUT2D eigenvalue weighted by molar-refractivity contribution is 7.15. The Balaban J connectivity index is 1.46.